The van der Waals surface area contributed by atoms with Crippen molar-refractivity contribution < 1.29 is 4.79 Å². The lowest BCUT2D eigenvalue weighted by molar-refractivity contribution is -0.121. The van der Waals surface area contributed by atoms with Crippen molar-refractivity contribution in [2.45, 2.75) is 38.8 Å². The highest BCUT2D eigenvalue weighted by Gasteiger charge is 2.39. The fourth-order valence-electron chi connectivity index (χ4n) is 6.46. The molecule has 2 N–H and O–H groups in total. The van der Waals surface area contributed by atoms with Crippen molar-refractivity contribution in [3.8, 4) is 28.5 Å². The molecule has 0 spiro atoms. The molecule has 0 bridgehead atoms. The molecule has 1 atom stereocenters. The van der Waals surface area contributed by atoms with Gasteiger partial charge in [0.15, 0.2) is 0 Å². The lowest BCUT2D eigenvalue weighted by atomic mass is 9.76. The maximum Gasteiger partial charge on any atom is 0.243 e. The van der Waals surface area contributed by atoms with Gasteiger partial charge in [0.25, 0.3) is 0 Å². The fraction of sp³-hybridized carbons (Fsp3) is 0.200. The number of carbonyl (C=O) groups is 1. The van der Waals surface area contributed by atoms with Gasteiger partial charge in [-0.15, -0.1) is 0 Å². The second kappa shape index (κ2) is 14.5. The first kappa shape index (κ1) is 32.4. The number of imidazole rings is 1. The Morgan fingerprint density at radius 3 is 1.92 bits per heavy atom. The van der Waals surface area contributed by atoms with E-state index in [0.717, 1.165) is 49.8 Å². The monoisotopic (exact) mass is 650 g/mol. The fourth-order valence-corrected chi connectivity index (χ4v) is 7.33. The van der Waals surface area contributed by atoms with Gasteiger partial charge in [0, 0.05) is 5.56 Å². The molecule has 2 heterocycles. The largest absolute Gasteiger partial charge is 0.364 e. The van der Waals surface area contributed by atoms with Crippen LogP contribution in [0.1, 0.15) is 42.7 Å². The van der Waals surface area contributed by atoms with Gasteiger partial charge in [-0.3, -0.25) is 4.79 Å². The molecule has 0 aliphatic heterocycles. The molecule has 0 aliphatic carbocycles. The summed E-state index contributed by atoms with van der Waals surface area (Å²) in [5.41, 5.74) is 7.55. The van der Waals surface area contributed by atoms with Gasteiger partial charge in [0.05, 0.1) is 30.0 Å². The Morgan fingerprint density at radius 2 is 1.40 bits per heavy atom. The third kappa shape index (κ3) is 6.38. The zero-order chi connectivity index (χ0) is 33.5. The molecular formula is C40H38N6OS. The number of rotatable bonds is 12. The number of nitrogens with zero attached hydrogens (tertiary/aromatic N) is 4. The molecule has 1 amide bonds. The maximum atomic E-state index is 12.9. The van der Waals surface area contributed by atoms with Crippen LogP contribution in [0, 0.1) is 24.2 Å². The number of nitrogens with one attached hydrogen (secondary N) is 2. The summed E-state index contributed by atoms with van der Waals surface area (Å²) in [6.45, 7) is 6.12. The zero-order valence-corrected chi connectivity index (χ0v) is 28.1. The Labute approximate surface area is 286 Å². The molecule has 6 rings (SSSR count). The Balaban J connectivity index is 1.42. The predicted molar refractivity (Wildman–Crippen MR) is 194 cm³/mol. The first-order chi connectivity index (χ1) is 23.4. The number of nitriles is 1. The van der Waals surface area contributed by atoms with E-state index in [9.17, 15) is 4.79 Å². The van der Waals surface area contributed by atoms with Gasteiger partial charge >= 0.3 is 0 Å². The summed E-state index contributed by atoms with van der Waals surface area (Å²) in [6, 6.07) is 41.7. The van der Waals surface area contributed by atoms with Crippen molar-refractivity contribution in [1.82, 2.24) is 19.2 Å². The third-order valence-electron chi connectivity index (χ3n) is 8.58. The van der Waals surface area contributed by atoms with Crippen molar-refractivity contribution in [1.29, 1.82) is 5.26 Å². The van der Waals surface area contributed by atoms with Gasteiger partial charge in [0.2, 0.25) is 5.91 Å². The first-order valence-electron chi connectivity index (χ1n) is 16.1. The molecule has 240 valence electrons. The van der Waals surface area contributed by atoms with Gasteiger partial charge < -0.3 is 15.2 Å². The van der Waals surface area contributed by atoms with Crippen LogP contribution in [0.25, 0.3) is 22.4 Å². The number of hydrogen-bond acceptors (Lipinski definition) is 6. The summed E-state index contributed by atoms with van der Waals surface area (Å²) in [5.74, 6) is 0.0938. The van der Waals surface area contributed by atoms with E-state index < -0.39 is 11.6 Å². The lowest BCUT2D eigenvalue weighted by Gasteiger charge is -2.38. The van der Waals surface area contributed by atoms with E-state index in [4.69, 9.17) is 10.2 Å². The molecule has 0 fully saturated rings. The van der Waals surface area contributed by atoms with E-state index in [2.05, 4.69) is 130 Å². The van der Waals surface area contributed by atoms with Crippen molar-refractivity contribution in [2.24, 2.45) is 5.92 Å². The van der Waals surface area contributed by atoms with Crippen molar-refractivity contribution in [2.75, 3.05) is 11.9 Å². The first-order valence-corrected chi connectivity index (χ1v) is 16.9. The van der Waals surface area contributed by atoms with Crippen LogP contribution in [-0.2, 0) is 10.3 Å². The standard InChI is InChI=1S/C40H38N6OS/c1-28(2)25-35(38(47)43-24-23-41)44-39-37(29(3)45-48-39)31-21-19-30(20-22-31)36-26-42-27-46(36)40(32-13-7-4-8-14-32,33-15-9-5-10-16-33)34-17-11-6-12-18-34/h4-22,26-28,35,44H,24-25H2,1-3H3,(H,43,47)/t35-/m0/s1. The highest BCUT2D eigenvalue weighted by molar-refractivity contribution is 7.11. The molecule has 48 heavy (non-hydrogen) atoms. The minimum atomic E-state index is -0.684. The number of amides is 1. The molecule has 8 heteroatoms. The minimum absolute atomic E-state index is 0.0260. The second-order valence-electron chi connectivity index (χ2n) is 12.2. The predicted octanol–water partition coefficient (Wildman–Crippen LogP) is 8.29. The van der Waals surface area contributed by atoms with Crippen molar-refractivity contribution >= 4 is 22.4 Å². The molecule has 4 aromatic carbocycles. The van der Waals surface area contributed by atoms with Crippen molar-refractivity contribution in [3.63, 3.8) is 0 Å². The van der Waals surface area contributed by atoms with Gasteiger partial charge in [-0.05, 0) is 58.6 Å². The van der Waals surface area contributed by atoms with E-state index in [1.807, 2.05) is 43.7 Å². The summed E-state index contributed by atoms with van der Waals surface area (Å²) in [6.07, 6.45) is 4.49. The Morgan fingerprint density at radius 1 is 0.854 bits per heavy atom. The molecular weight excluding hydrogens is 613 g/mol. The molecule has 2 aromatic heterocycles. The Bertz CT molecular complexity index is 1900. The summed E-state index contributed by atoms with van der Waals surface area (Å²) in [4.78, 5) is 17.7. The van der Waals surface area contributed by atoms with Crippen LogP contribution in [0.3, 0.4) is 0 Å². The topological polar surface area (TPSA) is 95.6 Å². The summed E-state index contributed by atoms with van der Waals surface area (Å²) in [5, 5.41) is 16.0. The highest BCUT2D eigenvalue weighted by Crippen LogP contribution is 2.44. The minimum Gasteiger partial charge on any atom is -0.364 e. The van der Waals surface area contributed by atoms with E-state index in [-0.39, 0.29) is 18.4 Å². The van der Waals surface area contributed by atoms with Crippen LogP contribution in [0.4, 0.5) is 5.00 Å². The van der Waals surface area contributed by atoms with Gasteiger partial charge in [-0.25, -0.2) is 4.98 Å². The smallest absolute Gasteiger partial charge is 0.243 e. The summed E-state index contributed by atoms with van der Waals surface area (Å²) < 4.78 is 6.93. The SMILES string of the molecule is Cc1nsc(N[C@@H](CC(C)C)C(=O)NCC#N)c1-c1ccc(-c2cncn2C(c2ccccc2)(c2ccccc2)c2ccccc2)cc1. The normalized spacial score (nSPS) is 12.0. The van der Waals surface area contributed by atoms with E-state index >= 15 is 0 Å². The van der Waals surface area contributed by atoms with Crippen LogP contribution >= 0.6 is 11.5 Å². The quantitative estimate of drug-likeness (QED) is 0.103. The van der Waals surface area contributed by atoms with E-state index in [1.165, 1.54) is 11.5 Å². The van der Waals surface area contributed by atoms with Gasteiger partial charge in [0.1, 0.15) is 23.1 Å². The summed E-state index contributed by atoms with van der Waals surface area (Å²) >= 11 is 1.35. The highest BCUT2D eigenvalue weighted by atomic mass is 32.1. The molecule has 0 unspecified atom stereocenters. The zero-order valence-electron chi connectivity index (χ0n) is 27.3. The maximum absolute atomic E-state index is 12.9. The molecule has 6 aromatic rings. The van der Waals surface area contributed by atoms with E-state index in [0.29, 0.717) is 6.42 Å². The molecule has 0 saturated carbocycles. The third-order valence-corrected chi connectivity index (χ3v) is 9.45. The van der Waals surface area contributed by atoms with Crippen LogP contribution in [-0.4, -0.2) is 32.4 Å². The number of anilines is 1. The number of benzene rings is 4. The van der Waals surface area contributed by atoms with E-state index in [1.54, 1.807) is 0 Å². The second-order valence-corrected chi connectivity index (χ2v) is 13.0. The molecule has 7 nitrogen and oxygen atoms in total. The van der Waals surface area contributed by atoms with Gasteiger partial charge in [-0.2, -0.15) is 9.64 Å². The number of aryl methyl sites for hydroxylation is 1. The average molecular weight is 651 g/mol. The van der Waals surface area contributed by atoms with Gasteiger partial charge in [-0.1, -0.05) is 129 Å². The van der Waals surface area contributed by atoms with Crippen LogP contribution in [0.5, 0.6) is 0 Å². The van der Waals surface area contributed by atoms with Crippen molar-refractivity contribution in [3.05, 3.63) is 150 Å². The molecule has 0 radical (unpaired) electrons. The number of carbonyl (C=O) groups excluding carboxylic acids is 1. The van der Waals surface area contributed by atoms with Crippen LogP contribution < -0.4 is 10.6 Å². The van der Waals surface area contributed by atoms with Crippen LogP contribution in [0.15, 0.2) is 128 Å². The molecule has 0 aliphatic rings. The Kier molecular flexibility index (Phi) is 9.79. The van der Waals surface area contributed by atoms with Crippen LogP contribution in [0.2, 0.25) is 0 Å². The molecule has 0 saturated heterocycles. The number of hydrogen-bond donors (Lipinski definition) is 2. The summed E-state index contributed by atoms with van der Waals surface area (Å²) in [7, 11) is 0. The Hall–Kier alpha value is -5.52. The number of aromatic nitrogens is 3. The lowest BCUT2D eigenvalue weighted by Crippen LogP contribution is -2.40. The average Bonchev–Trinajstić information content (AvgIpc) is 3.75.